The van der Waals surface area contributed by atoms with Gasteiger partial charge in [-0.25, -0.2) is 9.97 Å². The van der Waals surface area contributed by atoms with Crippen molar-refractivity contribution in [3.05, 3.63) is 79.8 Å². The summed E-state index contributed by atoms with van der Waals surface area (Å²) < 4.78 is 1.72. The van der Waals surface area contributed by atoms with Crippen LogP contribution in [0.4, 0.5) is 0 Å². The first-order valence-electron chi connectivity index (χ1n) is 8.71. The predicted octanol–water partition coefficient (Wildman–Crippen LogP) is 5.77. The van der Waals surface area contributed by atoms with Crippen molar-refractivity contribution in [1.29, 1.82) is 0 Å². The molecule has 0 amide bonds. The number of rotatable bonds is 2. The summed E-state index contributed by atoms with van der Waals surface area (Å²) in [6, 6.07) is 12.9. The summed E-state index contributed by atoms with van der Waals surface area (Å²) in [7, 11) is 0. The Morgan fingerprint density at radius 3 is 2.64 bits per heavy atom. The van der Waals surface area contributed by atoms with Gasteiger partial charge in [0, 0.05) is 27.5 Å². The minimum atomic E-state index is -0.0500. The van der Waals surface area contributed by atoms with Gasteiger partial charge < -0.3 is 0 Å². The van der Waals surface area contributed by atoms with Gasteiger partial charge in [0.2, 0.25) is 0 Å². The van der Waals surface area contributed by atoms with E-state index in [-0.39, 0.29) is 5.56 Å². The van der Waals surface area contributed by atoms with E-state index in [0.717, 1.165) is 28.3 Å². The molecule has 5 rings (SSSR count). The van der Waals surface area contributed by atoms with Crippen LogP contribution in [0.1, 0.15) is 17.9 Å². The molecule has 0 saturated heterocycles. The largest absolute Gasteiger partial charge is 0.292 e. The fourth-order valence-electron chi connectivity index (χ4n) is 3.38. The van der Waals surface area contributed by atoms with Crippen LogP contribution >= 0.6 is 34.5 Å². The fraction of sp³-hybridized carbons (Fsp3) is 0.0952. The summed E-state index contributed by atoms with van der Waals surface area (Å²) in [6.07, 6.45) is 2.77. The molecule has 0 aliphatic carbocycles. The lowest BCUT2D eigenvalue weighted by Gasteiger charge is -2.05. The average molecular weight is 426 g/mol. The fourth-order valence-corrected chi connectivity index (χ4v) is 4.46. The minimum Gasteiger partial charge on any atom is -0.292 e. The molecule has 0 radical (unpaired) electrons. The van der Waals surface area contributed by atoms with Crippen molar-refractivity contribution in [3.63, 3.8) is 0 Å². The monoisotopic (exact) mass is 425 g/mol. The summed E-state index contributed by atoms with van der Waals surface area (Å²) in [5.41, 5.74) is 3.52. The van der Waals surface area contributed by atoms with Gasteiger partial charge in [-0.15, -0.1) is 11.3 Å². The first kappa shape index (κ1) is 17.6. The lowest BCUT2D eigenvalue weighted by Crippen LogP contribution is -2.20. The van der Waals surface area contributed by atoms with Gasteiger partial charge >= 0.3 is 0 Å². The number of nitrogens with zero attached hydrogens (tertiary/aromatic N) is 3. The number of fused-ring (bicyclic) bond motifs is 2. The third-order valence-electron chi connectivity index (χ3n) is 4.74. The Kier molecular flexibility index (Phi) is 4.31. The number of allylic oxidation sites excluding steroid dienone is 1. The van der Waals surface area contributed by atoms with Gasteiger partial charge in [-0.1, -0.05) is 35.3 Å². The van der Waals surface area contributed by atoms with Crippen LogP contribution in [0.5, 0.6) is 0 Å². The second kappa shape index (κ2) is 6.85. The van der Waals surface area contributed by atoms with Crippen molar-refractivity contribution in [2.45, 2.75) is 13.0 Å². The molecule has 0 unspecified atom stereocenters. The molecule has 138 valence electrons. The Hall–Kier alpha value is -2.47. The van der Waals surface area contributed by atoms with Crippen LogP contribution in [0.2, 0.25) is 10.0 Å². The molecule has 0 saturated carbocycles. The molecule has 4 nitrogen and oxygen atoms in total. The topological polar surface area (TPSA) is 47.8 Å². The maximum Gasteiger partial charge on any atom is 0.261 e. The van der Waals surface area contributed by atoms with Crippen molar-refractivity contribution >= 4 is 57.1 Å². The number of halogens is 2. The smallest absolute Gasteiger partial charge is 0.261 e. The highest BCUT2D eigenvalue weighted by atomic mass is 35.5. The zero-order valence-corrected chi connectivity index (χ0v) is 16.9. The van der Waals surface area contributed by atoms with Crippen molar-refractivity contribution < 1.29 is 0 Å². The molecule has 0 fully saturated rings. The maximum atomic E-state index is 12.8. The molecule has 7 heteroatoms. The Morgan fingerprint density at radius 1 is 1.04 bits per heavy atom. The lowest BCUT2D eigenvalue weighted by atomic mass is 10.2. The van der Waals surface area contributed by atoms with E-state index in [1.165, 1.54) is 0 Å². The lowest BCUT2D eigenvalue weighted by molar-refractivity contribution is 0.725. The molecule has 3 heterocycles. The van der Waals surface area contributed by atoms with E-state index in [1.54, 1.807) is 34.1 Å². The van der Waals surface area contributed by atoms with E-state index < -0.39 is 0 Å². The molecule has 0 bridgehead atoms. The van der Waals surface area contributed by atoms with Crippen molar-refractivity contribution in [3.8, 4) is 10.6 Å². The van der Waals surface area contributed by atoms with Crippen LogP contribution in [0.3, 0.4) is 0 Å². The number of hydrogen-bond donors (Lipinski definition) is 0. The second-order valence-electron chi connectivity index (χ2n) is 6.56. The zero-order chi connectivity index (χ0) is 19.3. The minimum absolute atomic E-state index is 0.0500. The summed E-state index contributed by atoms with van der Waals surface area (Å²) in [4.78, 5) is 22.2. The van der Waals surface area contributed by atoms with Gasteiger partial charge in [0.25, 0.3) is 5.56 Å². The van der Waals surface area contributed by atoms with Gasteiger partial charge in [-0.3, -0.25) is 9.36 Å². The average Bonchev–Trinajstić information content (AvgIpc) is 3.31. The highest BCUT2D eigenvalue weighted by Crippen LogP contribution is 2.30. The highest BCUT2D eigenvalue weighted by Gasteiger charge is 2.21. The molecule has 2 aromatic carbocycles. The molecule has 4 aromatic rings. The maximum absolute atomic E-state index is 12.8. The molecular formula is C21H13Cl2N3OS. The molecule has 28 heavy (non-hydrogen) atoms. The summed E-state index contributed by atoms with van der Waals surface area (Å²) in [5.74, 6) is 0.709. The second-order valence-corrected chi connectivity index (χ2v) is 8.29. The van der Waals surface area contributed by atoms with Crippen LogP contribution < -0.4 is 5.56 Å². The summed E-state index contributed by atoms with van der Waals surface area (Å²) >= 11 is 13.6. The van der Waals surface area contributed by atoms with Crippen LogP contribution in [-0.2, 0) is 6.54 Å². The predicted molar refractivity (Wildman–Crippen MR) is 116 cm³/mol. The first-order valence-corrected chi connectivity index (χ1v) is 10.3. The Balaban J connectivity index is 1.55. The molecule has 0 N–H and O–H groups in total. The number of aromatic nitrogens is 3. The van der Waals surface area contributed by atoms with Crippen LogP contribution in [-0.4, -0.2) is 14.5 Å². The quantitative estimate of drug-likeness (QED) is 0.409. The third-order valence-corrected chi connectivity index (χ3v) is 6.14. The number of hydrogen-bond acceptors (Lipinski definition) is 4. The number of benzene rings is 2. The molecular weight excluding hydrogens is 413 g/mol. The highest BCUT2D eigenvalue weighted by molar-refractivity contribution is 7.13. The van der Waals surface area contributed by atoms with Gasteiger partial charge in [0.1, 0.15) is 10.8 Å². The summed E-state index contributed by atoms with van der Waals surface area (Å²) in [6.45, 7) is 0.615. The molecule has 2 aromatic heterocycles. The number of thiazole rings is 1. The van der Waals surface area contributed by atoms with E-state index in [0.29, 0.717) is 33.3 Å². The van der Waals surface area contributed by atoms with Crippen molar-refractivity contribution in [2.24, 2.45) is 0 Å². The van der Waals surface area contributed by atoms with E-state index in [9.17, 15) is 4.79 Å². The molecule has 1 aliphatic rings. The van der Waals surface area contributed by atoms with Gasteiger partial charge in [0.15, 0.2) is 0 Å². The molecule has 0 spiro atoms. The summed E-state index contributed by atoms with van der Waals surface area (Å²) in [5, 5.41) is 4.74. The van der Waals surface area contributed by atoms with Crippen LogP contribution in [0, 0.1) is 0 Å². The Morgan fingerprint density at radius 2 is 1.82 bits per heavy atom. The van der Waals surface area contributed by atoms with E-state index in [2.05, 4.69) is 0 Å². The molecule has 0 atom stereocenters. The van der Waals surface area contributed by atoms with E-state index in [1.807, 2.05) is 35.7 Å². The van der Waals surface area contributed by atoms with Gasteiger partial charge in [-0.2, -0.15) is 0 Å². The third kappa shape index (κ3) is 3.05. The Bertz CT molecular complexity index is 1310. The van der Waals surface area contributed by atoms with Crippen LogP contribution in [0.15, 0.2) is 52.6 Å². The van der Waals surface area contributed by atoms with Crippen molar-refractivity contribution in [1.82, 2.24) is 14.5 Å². The Labute approximate surface area is 174 Å². The van der Waals surface area contributed by atoms with Gasteiger partial charge in [0.05, 0.1) is 16.6 Å². The van der Waals surface area contributed by atoms with E-state index in [4.69, 9.17) is 33.2 Å². The standard InChI is InChI=1S/C21H13Cl2N3OS/c22-14-3-1-12(2-4-14)20-24-16(11-28-20)9-13-7-8-26-19(13)25-18-6-5-15(23)10-17(18)21(26)27/h1-6,9-11H,7-8H2/b13-9+. The zero-order valence-electron chi connectivity index (χ0n) is 14.5. The molecule has 1 aliphatic heterocycles. The normalized spacial score (nSPS) is 14.7. The van der Waals surface area contributed by atoms with Crippen molar-refractivity contribution in [2.75, 3.05) is 0 Å². The van der Waals surface area contributed by atoms with E-state index >= 15 is 0 Å². The van der Waals surface area contributed by atoms with Gasteiger partial charge in [-0.05, 0) is 48.4 Å². The SMILES string of the molecule is O=c1c2cc(Cl)ccc2nc2n1CC/C2=C\c1csc(-c2ccc(Cl)cc2)n1. The van der Waals surface area contributed by atoms with Crippen LogP contribution in [0.25, 0.3) is 33.1 Å². The first-order chi connectivity index (χ1) is 13.6.